The molecule has 0 radical (unpaired) electrons. The Morgan fingerprint density at radius 3 is 2.91 bits per heavy atom. The lowest BCUT2D eigenvalue weighted by molar-refractivity contribution is -0.171. The first-order valence-electron chi connectivity index (χ1n) is 13.2. The van der Waals surface area contributed by atoms with Crippen LogP contribution < -0.4 is 4.74 Å². The fraction of sp³-hybridized carbons (Fsp3) is 0.467. The average Bonchev–Trinajstić information content (AvgIpc) is 3.34. The maximum atomic E-state index is 13.0. The molecule has 4 heterocycles. The third-order valence-electron chi connectivity index (χ3n) is 9.89. The lowest BCUT2D eigenvalue weighted by Gasteiger charge is -2.62. The van der Waals surface area contributed by atoms with E-state index in [1.54, 1.807) is 6.07 Å². The number of ether oxygens (including phenoxy) is 1. The second kappa shape index (κ2) is 6.51. The van der Waals surface area contributed by atoms with Crippen LogP contribution >= 0.6 is 0 Å². The second-order valence-corrected chi connectivity index (χ2v) is 11.7. The molecule has 5 heteroatoms. The molecule has 1 unspecified atom stereocenters. The van der Waals surface area contributed by atoms with Gasteiger partial charge < -0.3 is 19.5 Å². The second-order valence-electron chi connectivity index (χ2n) is 11.7. The molecule has 2 aromatic carbocycles. The lowest BCUT2D eigenvalue weighted by atomic mass is 9.49. The van der Waals surface area contributed by atoms with Crippen molar-refractivity contribution >= 4 is 10.9 Å². The van der Waals surface area contributed by atoms with Gasteiger partial charge >= 0.3 is 0 Å². The number of phenolic OH excluding ortho intramolecular Hbond substituents is 1. The number of para-hydroxylation sites is 1. The fourth-order valence-corrected chi connectivity index (χ4v) is 8.51. The van der Waals surface area contributed by atoms with Crippen molar-refractivity contribution < 1.29 is 14.9 Å². The van der Waals surface area contributed by atoms with Gasteiger partial charge in [-0.2, -0.15) is 0 Å². The minimum atomic E-state index is -0.951. The van der Waals surface area contributed by atoms with E-state index in [1.165, 1.54) is 38.9 Å². The third-order valence-corrected chi connectivity index (χ3v) is 9.89. The molecule has 3 aromatic rings. The summed E-state index contributed by atoms with van der Waals surface area (Å²) in [7, 11) is 0. The van der Waals surface area contributed by atoms with Crippen molar-refractivity contribution in [2.75, 3.05) is 13.1 Å². The summed E-state index contributed by atoms with van der Waals surface area (Å²) in [5, 5.41) is 25.2. The van der Waals surface area contributed by atoms with Crippen LogP contribution in [0.4, 0.5) is 0 Å². The van der Waals surface area contributed by atoms with E-state index >= 15 is 0 Å². The van der Waals surface area contributed by atoms with E-state index < -0.39 is 11.0 Å². The van der Waals surface area contributed by atoms with Crippen LogP contribution in [0.15, 0.2) is 42.0 Å². The zero-order chi connectivity index (χ0) is 23.7. The summed E-state index contributed by atoms with van der Waals surface area (Å²) in [5.41, 5.74) is 7.40. The zero-order valence-electron chi connectivity index (χ0n) is 20.5. The number of aryl methyl sites for hydroxylation is 2. The van der Waals surface area contributed by atoms with Crippen molar-refractivity contribution in [3.05, 3.63) is 69.9 Å². The molecule has 5 aliphatic rings. The van der Waals surface area contributed by atoms with Crippen molar-refractivity contribution in [1.29, 1.82) is 0 Å². The first kappa shape index (κ1) is 20.4. The van der Waals surface area contributed by atoms with Crippen LogP contribution in [0.5, 0.6) is 11.5 Å². The Balaban J connectivity index is 1.43. The van der Waals surface area contributed by atoms with E-state index in [0.717, 1.165) is 50.9 Å². The zero-order valence-corrected chi connectivity index (χ0v) is 20.5. The van der Waals surface area contributed by atoms with Crippen LogP contribution in [-0.4, -0.2) is 44.4 Å². The molecule has 2 aliphatic carbocycles. The van der Waals surface area contributed by atoms with E-state index in [1.807, 2.05) is 0 Å². The average molecular weight is 469 g/mol. The fourth-order valence-electron chi connectivity index (χ4n) is 8.51. The highest BCUT2D eigenvalue weighted by atomic mass is 16.5. The van der Waals surface area contributed by atoms with Gasteiger partial charge in [0.1, 0.15) is 0 Å². The molecule has 1 aromatic heterocycles. The number of likely N-dealkylation sites (tertiary alicyclic amines) is 1. The predicted molar refractivity (Wildman–Crippen MR) is 135 cm³/mol. The van der Waals surface area contributed by atoms with Gasteiger partial charge in [0.15, 0.2) is 17.6 Å². The number of aromatic nitrogens is 1. The van der Waals surface area contributed by atoms with Gasteiger partial charge in [0.05, 0.1) is 22.2 Å². The lowest BCUT2D eigenvalue weighted by Crippen LogP contribution is -2.74. The highest BCUT2D eigenvalue weighted by Crippen LogP contribution is 2.69. The standard InChI is InChI=1S/C30H32N2O3/c1-17(2)10-13-31-14-11-29-24-19-8-9-22(33)27(24)35-28(29)26-21(16-30(29,34)23(31)15-19)20-7-3-5-18-6-4-12-32(26)25(18)20/h3,5,7-10,23,28,33-34H,4,6,11-16H2,1-2H3/t23-,28+,29+,30?/m1/s1. The summed E-state index contributed by atoms with van der Waals surface area (Å²) in [6.07, 6.45) is 6.50. The number of allylic oxidation sites excluding steroid dienone is 1. The van der Waals surface area contributed by atoms with E-state index in [4.69, 9.17) is 4.74 Å². The third kappa shape index (κ3) is 2.24. The largest absolute Gasteiger partial charge is 0.504 e. The number of hydrogen-bond donors (Lipinski definition) is 2. The minimum absolute atomic E-state index is 0.0146. The van der Waals surface area contributed by atoms with E-state index in [2.05, 4.69) is 53.7 Å². The molecule has 35 heavy (non-hydrogen) atoms. The summed E-state index contributed by atoms with van der Waals surface area (Å²) in [6, 6.07) is 10.6. The number of phenols is 1. The number of aliphatic hydroxyl groups is 1. The molecule has 1 saturated heterocycles. The monoisotopic (exact) mass is 468 g/mol. The van der Waals surface area contributed by atoms with Crippen molar-refractivity contribution in [2.24, 2.45) is 0 Å². The van der Waals surface area contributed by atoms with Crippen LogP contribution in [0, 0.1) is 0 Å². The molecule has 180 valence electrons. The highest BCUT2D eigenvalue weighted by Gasteiger charge is 2.73. The number of nitrogens with zero attached hydrogens (tertiary/aromatic N) is 2. The molecule has 0 amide bonds. The SMILES string of the molecule is CC(C)=CCN1CC[C@]23c4c5ccc(O)c4O[C@H]2c2c(c4cccc6c4n2CCC6)CC3(O)[C@H]1C5. The number of aromatic hydroxyl groups is 1. The molecule has 0 saturated carbocycles. The Kier molecular flexibility index (Phi) is 3.80. The van der Waals surface area contributed by atoms with Crippen molar-refractivity contribution in [3.63, 3.8) is 0 Å². The smallest absolute Gasteiger partial charge is 0.166 e. The Hall–Kier alpha value is -2.76. The Labute approximate surface area is 205 Å². The van der Waals surface area contributed by atoms with Gasteiger partial charge in [-0.1, -0.05) is 35.9 Å². The normalized spacial score (nSPS) is 31.6. The molecule has 1 fully saturated rings. The Bertz CT molecular complexity index is 1460. The van der Waals surface area contributed by atoms with Gasteiger partial charge in [0.2, 0.25) is 0 Å². The first-order valence-corrected chi connectivity index (χ1v) is 13.2. The van der Waals surface area contributed by atoms with Crippen molar-refractivity contribution in [1.82, 2.24) is 9.47 Å². The van der Waals surface area contributed by atoms with Crippen LogP contribution in [0.2, 0.25) is 0 Å². The van der Waals surface area contributed by atoms with E-state index in [0.29, 0.717) is 12.2 Å². The number of benzene rings is 2. The van der Waals surface area contributed by atoms with Crippen LogP contribution in [0.25, 0.3) is 10.9 Å². The van der Waals surface area contributed by atoms with Gasteiger partial charge in [-0.3, -0.25) is 4.90 Å². The van der Waals surface area contributed by atoms with Crippen LogP contribution in [0.3, 0.4) is 0 Å². The summed E-state index contributed by atoms with van der Waals surface area (Å²) in [6.45, 7) is 7.06. The number of piperidine rings is 1. The van der Waals surface area contributed by atoms with Crippen molar-refractivity contribution in [3.8, 4) is 11.5 Å². The molecule has 8 rings (SSSR count). The van der Waals surface area contributed by atoms with E-state index in [9.17, 15) is 10.2 Å². The molecule has 4 atom stereocenters. The molecule has 3 aliphatic heterocycles. The maximum absolute atomic E-state index is 13.0. The van der Waals surface area contributed by atoms with Gasteiger partial charge in [0.25, 0.3) is 0 Å². The van der Waals surface area contributed by atoms with Gasteiger partial charge in [-0.05, 0) is 62.3 Å². The Morgan fingerprint density at radius 2 is 2.06 bits per heavy atom. The summed E-state index contributed by atoms with van der Waals surface area (Å²) in [5.74, 6) is 0.821. The Morgan fingerprint density at radius 1 is 1.17 bits per heavy atom. The molecular weight excluding hydrogens is 436 g/mol. The summed E-state index contributed by atoms with van der Waals surface area (Å²) >= 11 is 0. The van der Waals surface area contributed by atoms with Gasteiger partial charge in [-0.25, -0.2) is 0 Å². The summed E-state index contributed by atoms with van der Waals surface area (Å²) < 4.78 is 9.31. The van der Waals surface area contributed by atoms with Gasteiger partial charge in [0, 0.05) is 43.0 Å². The highest BCUT2D eigenvalue weighted by molar-refractivity contribution is 5.90. The first-order chi connectivity index (χ1) is 16.9. The number of hydrogen-bond acceptors (Lipinski definition) is 4. The van der Waals surface area contributed by atoms with Gasteiger partial charge in [-0.15, -0.1) is 0 Å². The number of fused-ring (bicyclic) bond motifs is 4. The minimum Gasteiger partial charge on any atom is -0.504 e. The van der Waals surface area contributed by atoms with Crippen LogP contribution in [0.1, 0.15) is 60.7 Å². The quantitative estimate of drug-likeness (QED) is 0.542. The molecule has 2 bridgehead atoms. The molecular formula is C30H32N2O3. The molecule has 5 nitrogen and oxygen atoms in total. The van der Waals surface area contributed by atoms with E-state index in [-0.39, 0.29) is 17.9 Å². The maximum Gasteiger partial charge on any atom is 0.166 e. The summed E-state index contributed by atoms with van der Waals surface area (Å²) in [4.78, 5) is 2.50. The van der Waals surface area contributed by atoms with Crippen molar-refractivity contribution in [2.45, 2.75) is 75.7 Å². The number of rotatable bonds is 2. The molecule has 2 N–H and O–H groups in total. The predicted octanol–water partition coefficient (Wildman–Crippen LogP) is 4.55. The molecule has 1 spiro atoms. The topological polar surface area (TPSA) is 57.9 Å². The van der Waals surface area contributed by atoms with Crippen LogP contribution in [-0.2, 0) is 31.2 Å².